The number of nitrogens with zero attached hydrogens (tertiary/aromatic N) is 1. The molecule has 0 aliphatic carbocycles. The first-order valence-corrected chi connectivity index (χ1v) is 8.73. The van der Waals surface area contributed by atoms with Crippen LogP contribution in [0.15, 0.2) is 60.7 Å². The number of hydrogen-bond donors (Lipinski definition) is 0. The van der Waals surface area contributed by atoms with E-state index in [0.717, 1.165) is 19.5 Å². The van der Waals surface area contributed by atoms with Crippen LogP contribution in [0, 0.1) is 5.92 Å². The molecular formula is C21H23NO3. The van der Waals surface area contributed by atoms with Gasteiger partial charge in [0.25, 0.3) is 0 Å². The van der Waals surface area contributed by atoms with Gasteiger partial charge < -0.3 is 4.74 Å². The Bertz CT molecular complexity index is 700. The highest BCUT2D eigenvalue weighted by molar-refractivity contribution is 5.89. The van der Waals surface area contributed by atoms with Crippen LogP contribution in [0.3, 0.4) is 0 Å². The van der Waals surface area contributed by atoms with E-state index in [2.05, 4.69) is 17.0 Å². The van der Waals surface area contributed by atoms with Gasteiger partial charge in [-0.25, -0.2) is 4.79 Å². The second-order valence-corrected chi connectivity index (χ2v) is 6.46. The zero-order chi connectivity index (χ0) is 17.5. The van der Waals surface area contributed by atoms with E-state index in [1.807, 2.05) is 36.4 Å². The molecule has 0 radical (unpaired) electrons. The highest BCUT2D eigenvalue weighted by atomic mass is 16.5. The van der Waals surface area contributed by atoms with Crippen LogP contribution >= 0.6 is 0 Å². The van der Waals surface area contributed by atoms with E-state index in [9.17, 15) is 9.59 Å². The molecule has 0 spiro atoms. The molecule has 1 aliphatic rings. The van der Waals surface area contributed by atoms with Crippen molar-refractivity contribution in [3.63, 3.8) is 0 Å². The Hall–Kier alpha value is -2.46. The molecule has 2 aromatic carbocycles. The zero-order valence-corrected chi connectivity index (χ0v) is 14.3. The molecule has 1 heterocycles. The predicted octanol–water partition coefficient (Wildman–Crippen LogP) is 3.32. The van der Waals surface area contributed by atoms with Crippen LogP contribution in [0.2, 0.25) is 0 Å². The maximum absolute atomic E-state index is 12.2. The predicted molar refractivity (Wildman–Crippen MR) is 96.2 cm³/mol. The van der Waals surface area contributed by atoms with Crippen molar-refractivity contribution < 1.29 is 14.3 Å². The number of benzene rings is 2. The molecule has 4 heteroatoms. The summed E-state index contributed by atoms with van der Waals surface area (Å²) in [5.41, 5.74) is 1.79. The topological polar surface area (TPSA) is 46.6 Å². The first kappa shape index (κ1) is 17.4. The Morgan fingerprint density at radius 2 is 1.72 bits per heavy atom. The summed E-state index contributed by atoms with van der Waals surface area (Å²) in [6, 6.07) is 19.2. The Labute approximate surface area is 148 Å². The Morgan fingerprint density at radius 3 is 2.44 bits per heavy atom. The van der Waals surface area contributed by atoms with Gasteiger partial charge in [0.05, 0.1) is 18.7 Å². The fraction of sp³-hybridized carbons (Fsp3) is 0.333. The van der Waals surface area contributed by atoms with Gasteiger partial charge in [-0.2, -0.15) is 0 Å². The van der Waals surface area contributed by atoms with E-state index in [4.69, 9.17) is 4.74 Å². The fourth-order valence-corrected chi connectivity index (χ4v) is 3.19. The van der Waals surface area contributed by atoms with Gasteiger partial charge in [0.1, 0.15) is 0 Å². The molecular weight excluding hydrogens is 314 g/mol. The van der Waals surface area contributed by atoms with Crippen LogP contribution in [0.5, 0.6) is 0 Å². The maximum Gasteiger partial charge on any atom is 0.338 e. The van der Waals surface area contributed by atoms with Crippen molar-refractivity contribution in [3.8, 4) is 0 Å². The number of esters is 1. The van der Waals surface area contributed by atoms with Gasteiger partial charge in [-0.1, -0.05) is 48.5 Å². The molecule has 0 N–H and O–H groups in total. The van der Waals surface area contributed by atoms with E-state index in [0.29, 0.717) is 30.9 Å². The molecule has 4 nitrogen and oxygen atoms in total. The first-order chi connectivity index (χ1) is 12.2. The van der Waals surface area contributed by atoms with Crippen molar-refractivity contribution in [2.75, 3.05) is 19.7 Å². The third-order valence-corrected chi connectivity index (χ3v) is 4.50. The molecule has 0 saturated carbocycles. The number of hydrogen-bond acceptors (Lipinski definition) is 4. The summed E-state index contributed by atoms with van der Waals surface area (Å²) < 4.78 is 5.28. The normalized spacial score (nSPS) is 17.6. The monoisotopic (exact) mass is 337 g/mol. The minimum Gasteiger partial charge on any atom is -0.462 e. The van der Waals surface area contributed by atoms with Crippen LogP contribution in [-0.2, 0) is 16.1 Å². The van der Waals surface area contributed by atoms with Crippen LogP contribution in [0.25, 0.3) is 0 Å². The highest BCUT2D eigenvalue weighted by Gasteiger charge is 2.30. The second-order valence-electron chi connectivity index (χ2n) is 6.46. The smallest absolute Gasteiger partial charge is 0.338 e. The van der Waals surface area contributed by atoms with Crippen molar-refractivity contribution in [3.05, 3.63) is 71.8 Å². The van der Waals surface area contributed by atoms with Gasteiger partial charge in [-0.3, -0.25) is 9.69 Å². The minimum atomic E-state index is -0.302. The summed E-state index contributed by atoms with van der Waals surface area (Å²) in [6.07, 6.45) is 1.49. The number of ether oxygens (including phenoxy) is 1. The lowest BCUT2D eigenvalue weighted by atomic mass is 10.0. The molecule has 1 unspecified atom stereocenters. The van der Waals surface area contributed by atoms with Gasteiger partial charge in [-0.05, 0) is 30.5 Å². The Morgan fingerprint density at radius 1 is 1.04 bits per heavy atom. The fourth-order valence-electron chi connectivity index (χ4n) is 3.19. The van der Waals surface area contributed by atoms with Gasteiger partial charge in [0.2, 0.25) is 0 Å². The summed E-state index contributed by atoms with van der Waals surface area (Å²) in [7, 11) is 0. The largest absolute Gasteiger partial charge is 0.462 e. The SMILES string of the molecule is O=C(OCCCC1CN(Cc2ccccc2)CC1=O)c1ccccc1. The van der Waals surface area contributed by atoms with Crippen LogP contribution < -0.4 is 0 Å². The van der Waals surface area contributed by atoms with Crippen LogP contribution in [0.4, 0.5) is 0 Å². The Kier molecular flexibility index (Phi) is 5.96. The van der Waals surface area contributed by atoms with Gasteiger partial charge in [0, 0.05) is 19.0 Å². The van der Waals surface area contributed by atoms with E-state index < -0.39 is 0 Å². The number of carbonyl (C=O) groups excluding carboxylic acids is 2. The average Bonchev–Trinajstić information content (AvgIpc) is 2.99. The lowest BCUT2D eigenvalue weighted by Crippen LogP contribution is -2.20. The van der Waals surface area contributed by atoms with Crippen LogP contribution in [-0.4, -0.2) is 36.3 Å². The molecule has 0 amide bonds. The first-order valence-electron chi connectivity index (χ1n) is 8.73. The number of ketones is 1. The van der Waals surface area contributed by atoms with Crippen molar-refractivity contribution in [2.45, 2.75) is 19.4 Å². The molecule has 2 aromatic rings. The molecule has 0 bridgehead atoms. The van der Waals surface area contributed by atoms with Crippen molar-refractivity contribution in [2.24, 2.45) is 5.92 Å². The van der Waals surface area contributed by atoms with E-state index in [1.54, 1.807) is 12.1 Å². The quantitative estimate of drug-likeness (QED) is 0.574. The summed E-state index contributed by atoms with van der Waals surface area (Å²) in [5, 5.41) is 0. The number of rotatable bonds is 7. The molecule has 25 heavy (non-hydrogen) atoms. The third kappa shape index (κ3) is 5.00. The molecule has 0 aromatic heterocycles. The minimum absolute atomic E-state index is 0.0548. The standard InChI is InChI=1S/C21H23NO3/c23-20-16-22(14-17-8-3-1-4-9-17)15-19(20)12-7-13-25-21(24)18-10-5-2-6-11-18/h1-6,8-11,19H,7,12-16H2. The van der Waals surface area contributed by atoms with Gasteiger partial charge in [0.15, 0.2) is 5.78 Å². The molecule has 130 valence electrons. The second kappa shape index (κ2) is 8.58. The Balaban J connectivity index is 1.38. The molecule has 1 aliphatic heterocycles. The highest BCUT2D eigenvalue weighted by Crippen LogP contribution is 2.20. The lowest BCUT2D eigenvalue weighted by Gasteiger charge is -2.15. The summed E-state index contributed by atoms with van der Waals surface area (Å²) in [6.45, 7) is 2.48. The number of likely N-dealkylation sites (tertiary alicyclic amines) is 1. The van der Waals surface area contributed by atoms with Crippen molar-refractivity contribution in [1.82, 2.24) is 4.90 Å². The summed E-state index contributed by atoms with van der Waals surface area (Å²) >= 11 is 0. The van der Waals surface area contributed by atoms with E-state index in [-0.39, 0.29) is 11.9 Å². The number of Topliss-reactive ketones (excluding diaryl/α,β-unsaturated/α-hetero) is 1. The number of carbonyl (C=O) groups is 2. The van der Waals surface area contributed by atoms with Crippen LogP contribution in [0.1, 0.15) is 28.8 Å². The summed E-state index contributed by atoms with van der Waals surface area (Å²) in [4.78, 5) is 26.2. The van der Waals surface area contributed by atoms with Crippen molar-refractivity contribution >= 4 is 11.8 Å². The van der Waals surface area contributed by atoms with Crippen molar-refractivity contribution in [1.29, 1.82) is 0 Å². The molecule has 1 atom stereocenters. The maximum atomic E-state index is 12.2. The van der Waals surface area contributed by atoms with E-state index >= 15 is 0 Å². The summed E-state index contributed by atoms with van der Waals surface area (Å²) in [5.74, 6) is 0.0495. The van der Waals surface area contributed by atoms with Gasteiger partial charge in [-0.15, -0.1) is 0 Å². The van der Waals surface area contributed by atoms with E-state index in [1.165, 1.54) is 5.56 Å². The third-order valence-electron chi connectivity index (χ3n) is 4.50. The molecule has 1 saturated heterocycles. The lowest BCUT2D eigenvalue weighted by molar-refractivity contribution is -0.120. The zero-order valence-electron chi connectivity index (χ0n) is 14.3. The molecule has 3 rings (SSSR count). The molecule has 1 fully saturated rings. The van der Waals surface area contributed by atoms with Gasteiger partial charge >= 0.3 is 5.97 Å². The average molecular weight is 337 g/mol.